The summed E-state index contributed by atoms with van der Waals surface area (Å²) in [6.45, 7) is 3.06. The largest absolute Gasteiger partial charge is 0.366 e. The summed E-state index contributed by atoms with van der Waals surface area (Å²) in [7, 11) is 6.35. The Balaban J connectivity index is 2.06. The van der Waals surface area contributed by atoms with E-state index in [2.05, 4.69) is 46.1 Å². The van der Waals surface area contributed by atoms with Gasteiger partial charge in [-0.2, -0.15) is 0 Å². The molecule has 1 fully saturated rings. The number of nitrogens with zero attached hydrogens (tertiary/aromatic N) is 4. The van der Waals surface area contributed by atoms with Crippen LogP contribution in [0.1, 0.15) is 26.2 Å². The van der Waals surface area contributed by atoms with Gasteiger partial charge in [0, 0.05) is 31.7 Å². The van der Waals surface area contributed by atoms with Gasteiger partial charge in [0.15, 0.2) is 0 Å². The average molecular weight is 263 g/mol. The van der Waals surface area contributed by atoms with E-state index in [0.29, 0.717) is 12.1 Å². The van der Waals surface area contributed by atoms with E-state index in [1.54, 1.807) is 6.33 Å². The van der Waals surface area contributed by atoms with Crippen LogP contribution in [0.5, 0.6) is 0 Å². The lowest BCUT2D eigenvalue weighted by atomic mass is 10.1. The van der Waals surface area contributed by atoms with Crippen molar-refractivity contribution in [3.63, 3.8) is 0 Å². The molecule has 1 aromatic rings. The van der Waals surface area contributed by atoms with Crippen LogP contribution >= 0.6 is 0 Å². The smallest absolute Gasteiger partial charge is 0.133 e. The second-order valence-electron chi connectivity index (χ2n) is 5.49. The highest BCUT2D eigenvalue weighted by molar-refractivity contribution is 5.48. The molecule has 0 unspecified atom stereocenters. The Hall–Kier alpha value is -1.36. The van der Waals surface area contributed by atoms with Gasteiger partial charge in [0.1, 0.15) is 18.0 Å². The maximum Gasteiger partial charge on any atom is 0.133 e. The van der Waals surface area contributed by atoms with Crippen molar-refractivity contribution in [2.24, 2.45) is 0 Å². The average Bonchev–Trinajstić information content (AvgIpc) is 2.86. The van der Waals surface area contributed by atoms with E-state index >= 15 is 0 Å². The SMILES string of the molecule is CCN(C)c1cc(N[C@@H]2CCC[C@H]2N(C)C)ncn1. The number of nitrogens with one attached hydrogen (secondary N) is 1. The van der Waals surface area contributed by atoms with E-state index in [1.807, 2.05) is 13.1 Å². The molecule has 19 heavy (non-hydrogen) atoms. The summed E-state index contributed by atoms with van der Waals surface area (Å²) in [4.78, 5) is 13.1. The molecule has 0 aliphatic heterocycles. The Labute approximate surface area is 116 Å². The second kappa shape index (κ2) is 6.19. The third kappa shape index (κ3) is 3.35. The van der Waals surface area contributed by atoms with E-state index in [0.717, 1.165) is 18.2 Å². The van der Waals surface area contributed by atoms with Crippen molar-refractivity contribution in [2.45, 2.75) is 38.3 Å². The minimum atomic E-state index is 0.490. The molecule has 106 valence electrons. The molecule has 0 saturated heterocycles. The van der Waals surface area contributed by atoms with E-state index in [-0.39, 0.29) is 0 Å². The van der Waals surface area contributed by atoms with Crippen molar-refractivity contribution in [1.82, 2.24) is 14.9 Å². The Kier molecular flexibility index (Phi) is 4.58. The highest BCUT2D eigenvalue weighted by Gasteiger charge is 2.28. The van der Waals surface area contributed by atoms with Crippen LogP contribution in [0.3, 0.4) is 0 Å². The molecule has 1 heterocycles. The van der Waals surface area contributed by atoms with Crippen LogP contribution in [0, 0.1) is 0 Å². The molecule has 5 nitrogen and oxygen atoms in total. The molecule has 1 aliphatic rings. The van der Waals surface area contributed by atoms with Crippen LogP contribution in [0.4, 0.5) is 11.6 Å². The van der Waals surface area contributed by atoms with E-state index in [1.165, 1.54) is 19.3 Å². The molecule has 1 N–H and O–H groups in total. The zero-order valence-corrected chi connectivity index (χ0v) is 12.4. The lowest BCUT2D eigenvalue weighted by Gasteiger charge is -2.27. The maximum atomic E-state index is 4.35. The minimum absolute atomic E-state index is 0.490. The maximum absolute atomic E-state index is 4.35. The molecule has 0 aromatic carbocycles. The van der Waals surface area contributed by atoms with E-state index in [9.17, 15) is 0 Å². The number of hydrogen-bond acceptors (Lipinski definition) is 5. The predicted octanol–water partition coefficient (Wildman–Crippen LogP) is 1.83. The van der Waals surface area contributed by atoms with Crippen molar-refractivity contribution in [3.05, 3.63) is 12.4 Å². The van der Waals surface area contributed by atoms with Crippen molar-refractivity contribution in [3.8, 4) is 0 Å². The molecule has 0 bridgehead atoms. The van der Waals surface area contributed by atoms with Crippen LogP contribution in [0.15, 0.2) is 12.4 Å². The first-order valence-electron chi connectivity index (χ1n) is 7.08. The van der Waals surface area contributed by atoms with Gasteiger partial charge in [-0.1, -0.05) is 0 Å². The fourth-order valence-electron chi connectivity index (χ4n) is 2.71. The summed E-state index contributed by atoms with van der Waals surface area (Å²) >= 11 is 0. The Bertz CT molecular complexity index is 407. The number of anilines is 2. The second-order valence-corrected chi connectivity index (χ2v) is 5.49. The Morgan fingerprint density at radius 1 is 1.26 bits per heavy atom. The summed E-state index contributed by atoms with van der Waals surface area (Å²) in [5, 5.41) is 3.57. The van der Waals surface area contributed by atoms with Gasteiger partial charge in [-0.3, -0.25) is 0 Å². The topological polar surface area (TPSA) is 44.3 Å². The fraction of sp³-hybridized carbons (Fsp3) is 0.714. The standard InChI is InChI=1S/C14H25N5/c1-5-19(4)14-9-13(15-10-16-14)17-11-7-6-8-12(11)18(2)3/h9-12H,5-8H2,1-4H3,(H,15,16,17)/t11-,12-/m1/s1. The summed E-state index contributed by atoms with van der Waals surface area (Å²) in [5.41, 5.74) is 0. The third-order valence-electron chi connectivity index (χ3n) is 3.99. The van der Waals surface area contributed by atoms with Crippen molar-refractivity contribution in [2.75, 3.05) is 37.9 Å². The third-order valence-corrected chi connectivity index (χ3v) is 3.99. The van der Waals surface area contributed by atoms with Gasteiger partial charge in [-0.15, -0.1) is 0 Å². The normalized spacial score (nSPS) is 22.8. The van der Waals surface area contributed by atoms with Crippen LogP contribution in [-0.4, -0.2) is 54.6 Å². The summed E-state index contributed by atoms with van der Waals surface area (Å²) in [6.07, 6.45) is 5.40. The van der Waals surface area contributed by atoms with Crippen LogP contribution < -0.4 is 10.2 Å². The van der Waals surface area contributed by atoms with Gasteiger partial charge in [0.2, 0.25) is 0 Å². The molecule has 1 saturated carbocycles. The van der Waals surface area contributed by atoms with Gasteiger partial charge < -0.3 is 15.1 Å². The molecular weight excluding hydrogens is 238 g/mol. The fourth-order valence-corrected chi connectivity index (χ4v) is 2.71. The summed E-state index contributed by atoms with van der Waals surface area (Å²) in [6, 6.07) is 3.13. The predicted molar refractivity (Wildman–Crippen MR) is 79.7 cm³/mol. The van der Waals surface area contributed by atoms with Gasteiger partial charge >= 0.3 is 0 Å². The summed E-state index contributed by atoms with van der Waals surface area (Å²) in [5.74, 6) is 1.91. The number of aromatic nitrogens is 2. The highest BCUT2D eigenvalue weighted by atomic mass is 15.2. The zero-order chi connectivity index (χ0) is 13.8. The van der Waals surface area contributed by atoms with E-state index < -0.39 is 0 Å². The summed E-state index contributed by atoms with van der Waals surface area (Å²) < 4.78 is 0. The van der Waals surface area contributed by atoms with Gasteiger partial charge in [-0.05, 0) is 40.3 Å². The number of hydrogen-bond donors (Lipinski definition) is 1. The highest BCUT2D eigenvalue weighted by Crippen LogP contribution is 2.25. The molecule has 0 radical (unpaired) electrons. The molecule has 1 aliphatic carbocycles. The van der Waals surface area contributed by atoms with E-state index in [4.69, 9.17) is 0 Å². The van der Waals surface area contributed by atoms with Gasteiger partial charge in [-0.25, -0.2) is 9.97 Å². The van der Waals surface area contributed by atoms with Crippen LogP contribution in [0.25, 0.3) is 0 Å². The van der Waals surface area contributed by atoms with Crippen molar-refractivity contribution in [1.29, 1.82) is 0 Å². The Morgan fingerprint density at radius 2 is 2.05 bits per heavy atom. The van der Waals surface area contributed by atoms with Crippen molar-refractivity contribution >= 4 is 11.6 Å². The number of likely N-dealkylation sites (N-methyl/N-ethyl adjacent to an activating group) is 1. The van der Waals surface area contributed by atoms with Crippen LogP contribution in [-0.2, 0) is 0 Å². The minimum Gasteiger partial charge on any atom is -0.366 e. The first kappa shape index (κ1) is 14.1. The zero-order valence-electron chi connectivity index (χ0n) is 12.4. The molecule has 1 aromatic heterocycles. The lowest BCUT2D eigenvalue weighted by Crippen LogP contribution is -2.39. The molecule has 2 rings (SSSR count). The first-order chi connectivity index (χ1) is 9.11. The molecule has 5 heteroatoms. The monoisotopic (exact) mass is 263 g/mol. The van der Waals surface area contributed by atoms with Crippen molar-refractivity contribution < 1.29 is 0 Å². The van der Waals surface area contributed by atoms with Gasteiger partial charge in [0.25, 0.3) is 0 Å². The molecule has 0 amide bonds. The number of rotatable bonds is 5. The van der Waals surface area contributed by atoms with Gasteiger partial charge in [0.05, 0.1) is 0 Å². The first-order valence-corrected chi connectivity index (χ1v) is 7.08. The molecular formula is C14H25N5. The quantitative estimate of drug-likeness (QED) is 0.878. The molecule has 0 spiro atoms. The Morgan fingerprint density at radius 3 is 2.74 bits per heavy atom. The van der Waals surface area contributed by atoms with Crippen LogP contribution in [0.2, 0.25) is 0 Å². The molecule has 2 atom stereocenters. The lowest BCUT2D eigenvalue weighted by molar-refractivity contribution is 0.285.